The third-order valence-electron chi connectivity index (χ3n) is 10.4. The van der Waals surface area contributed by atoms with Gasteiger partial charge in [-0.3, -0.25) is 4.98 Å². The summed E-state index contributed by atoms with van der Waals surface area (Å²) in [6, 6.07) is 49.9. The van der Waals surface area contributed by atoms with E-state index in [1.807, 2.05) is 12.4 Å². The Hall–Kier alpha value is -5.53. The minimum atomic E-state index is 0.324. The molecule has 1 aromatic heterocycles. The second kappa shape index (κ2) is 11.4. The minimum Gasteiger partial charge on any atom is -0.265 e. The van der Waals surface area contributed by atoms with Gasteiger partial charge in [-0.2, -0.15) is 0 Å². The van der Waals surface area contributed by atoms with Gasteiger partial charge in [0.15, 0.2) is 0 Å². The number of aromatic nitrogens is 1. The summed E-state index contributed by atoms with van der Waals surface area (Å²) in [5, 5.41) is 5.23. The molecule has 1 heterocycles. The van der Waals surface area contributed by atoms with Crippen molar-refractivity contribution < 1.29 is 0 Å². The number of nitrogens with zero attached hydrogens (tertiary/aromatic N) is 1. The van der Waals surface area contributed by atoms with Crippen molar-refractivity contribution in [3.63, 3.8) is 0 Å². The van der Waals surface area contributed by atoms with Crippen molar-refractivity contribution in [2.45, 2.75) is 25.7 Å². The van der Waals surface area contributed by atoms with Crippen molar-refractivity contribution >= 4 is 27.1 Å². The van der Waals surface area contributed by atoms with Crippen molar-refractivity contribution in [2.24, 2.45) is 5.92 Å². The molecular weight excluding hydrogens is 567 g/mol. The summed E-state index contributed by atoms with van der Waals surface area (Å²) >= 11 is 0. The lowest BCUT2D eigenvalue weighted by atomic mass is 9.64. The highest BCUT2D eigenvalue weighted by molar-refractivity contribution is 6.06. The summed E-state index contributed by atoms with van der Waals surface area (Å²) in [4.78, 5) is 4.18. The maximum absolute atomic E-state index is 4.18. The molecule has 2 atom stereocenters. The topological polar surface area (TPSA) is 12.9 Å². The van der Waals surface area contributed by atoms with E-state index < -0.39 is 0 Å². The molecule has 6 aromatic carbocycles. The standard InChI is InChI=1S/C46H35N/c1-30-16-17-35-29-36(23-22-34(35)28-30)45-41-8-2-4-10-43(41)46(44-11-5-3-9-42(44)45)40-15-7-13-38-37(12-6-14-39(38)40)33-20-18-31(19-21-33)32-24-26-47-27-25-32/h2,4-8,10-29,42,45H,3,9H2,1H3. The highest BCUT2D eigenvalue weighted by Crippen LogP contribution is 2.52. The molecule has 0 fully saturated rings. The fourth-order valence-electron chi connectivity index (χ4n) is 8.20. The van der Waals surface area contributed by atoms with E-state index in [2.05, 4.69) is 158 Å². The van der Waals surface area contributed by atoms with E-state index in [9.17, 15) is 0 Å². The van der Waals surface area contributed by atoms with Crippen LogP contribution in [0.5, 0.6) is 0 Å². The average molecular weight is 602 g/mol. The van der Waals surface area contributed by atoms with Gasteiger partial charge in [0.25, 0.3) is 0 Å². The molecule has 0 amide bonds. The lowest BCUT2D eigenvalue weighted by Crippen LogP contribution is -2.24. The quantitative estimate of drug-likeness (QED) is 0.196. The minimum absolute atomic E-state index is 0.324. The van der Waals surface area contributed by atoms with Crippen molar-refractivity contribution in [3.05, 3.63) is 191 Å². The first-order valence-corrected chi connectivity index (χ1v) is 16.8. The summed E-state index contributed by atoms with van der Waals surface area (Å²) in [5.41, 5.74) is 14.6. The third kappa shape index (κ3) is 4.73. The molecule has 0 spiro atoms. The van der Waals surface area contributed by atoms with Crippen molar-refractivity contribution in [1.82, 2.24) is 4.98 Å². The molecule has 224 valence electrons. The Labute approximate surface area is 276 Å². The number of pyridine rings is 1. The molecule has 0 bridgehead atoms. The predicted octanol–water partition coefficient (Wildman–Crippen LogP) is 11.9. The summed E-state index contributed by atoms with van der Waals surface area (Å²) in [5.74, 6) is 0.747. The van der Waals surface area contributed by atoms with Crippen LogP contribution in [0.15, 0.2) is 164 Å². The number of aryl methyl sites for hydroxylation is 1. The first-order valence-electron chi connectivity index (χ1n) is 16.8. The van der Waals surface area contributed by atoms with Gasteiger partial charge in [0.05, 0.1) is 0 Å². The second-order valence-corrected chi connectivity index (χ2v) is 13.1. The summed E-state index contributed by atoms with van der Waals surface area (Å²) in [6.45, 7) is 2.17. The molecule has 1 heteroatoms. The predicted molar refractivity (Wildman–Crippen MR) is 197 cm³/mol. The highest BCUT2D eigenvalue weighted by atomic mass is 14.6. The van der Waals surface area contributed by atoms with Crippen LogP contribution in [0.3, 0.4) is 0 Å². The molecule has 9 rings (SSSR count). The SMILES string of the molecule is Cc1ccc2cc(C3c4ccccc4C(c4cccc5c(-c6ccc(-c7ccncc7)cc6)cccc45)=C4C=CCCC43)ccc2c1. The number of rotatable bonds is 4. The number of fused-ring (bicyclic) bond motifs is 4. The maximum atomic E-state index is 4.18. The van der Waals surface area contributed by atoms with E-state index in [1.54, 1.807) is 0 Å². The zero-order valence-electron chi connectivity index (χ0n) is 26.5. The monoisotopic (exact) mass is 601 g/mol. The smallest absolute Gasteiger partial charge is 0.0273 e. The summed E-state index contributed by atoms with van der Waals surface area (Å²) in [6.07, 6.45) is 10.8. The zero-order chi connectivity index (χ0) is 31.3. The van der Waals surface area contributed by atoms with E-state index >= 15 is 0 Å². The normalized spacial score (nSPS) is 17.1. The molecule has 0 saturated heterocycles. The molecule has 0 saturated carbocycles. The summed E-state index contributed by atoms with van der Waals surface area (Å²) in [7, 11) is 0. The van der Waals surface area contributed by atoms with Crippen molar-refractivity contribution in [3.8, 4) is 22.3 Å². The maximum Gasteiger partial charge on any atom is 0.0273 e. The van der Waals surface area contributed by atoms with Crippen LogP contribution >= 0.6 is 0 Å². The first-order chi connectivity index (χ1) is 23.2. The van der Waals surface area contributed by atoms with E-state index in [1.165, 1.54) is 82.8 Å². The van der Waals surface area contributed by atoms with Gasteiger partial charge in [-0.1, -0.05) is 139 Å². The van der Waals surface area contributed by atoms with Crippen LogP contribution in [0.4, 0.5) is 0 Å². The van der Waals surface area contributed by atoms with Crippen LogP contribution in [0, 0.1) is 12.8 Å². The molecule has 0 radical (unpaired) electrons. The number of benzene rings is 6. The molecule has 2 unspecified atom stereocenters. The van der Waals surface area contributed by atoms with Crippen molar-refractivity contribution in [2.75, 3.05) is 0 Å². The molecule has 2 aliphatic carbocycles. The Kier molecular flexibility index (Phi) is 6.71. The molecular formula is C46H35N. The van der Waals surface area contributed by atoms with E-state index in [0.29, 0.717) is 11.8 Å². The molecule has 7 aromatic rings. The fraction of sp³-hybridized carbons (Fsp3) is 0.109. The Morgan fingerprint density at radius 3 is 2.11 bits per heavy atom. The molecule has 47 heavy (non-hydrogen) atoms. The fourth-order valence-corrected chi connectivity index (χ4v) is 8.20. The van der Waals surface area contributed by atoms with Gasteiger partial charge >= 0.3 is 0 Å². The largest absolute Gasteiger partial charge is 0.265 e. The van der Waals surface area contributed by atoms with Crippen molar-refractivity contribution in [1.29, 1.82) is 0 Å². The van der Waals surface area contributed by atoms with E-state index in [-0.39, 0.29) is 0 Å². The van der Waals surface area contributed by atoms with E-state index in [0.717, 1.165) is 12.8 Å². The van der Waals surface area contributed by atoms with Gasteiger partial charge in [-0.15, -0.1) is 0 Å². The van der Waals surface area contributed by atoms with Crippen LogP contribution in [0.1, 0.15) is 46.6 Å². The molecule has 2 aliphatic rings. The average Bonchev–Trinajstić information content (AvgIpc) is 3.13. The van der Waals surface area contributed by atoms with Gasteiger partial charge in [-0.25, -0.2) is 0 Å². The highest BCUT2D eigenvalue weighted by Gasteiger charge is 2.37. The summed E-state index contributed by atoms with van der Waals surface area (Å²) < 4.78 is 0. The second-order valence-electron chi connectivity index (χ2n) is 13.1. The lowest BCUT2D eigenvalue weighted by Gasteiger charge is -2.39. The van der Waals surface area contributed by atoms with Crippen LogP contribution in [0.2, 0.25) is 0 Å². The van der Waals surface area contributed by atoms with Gasteiger partial charge in [0, 0.05) is 18.3 Å². The Morgan fingerprint density at radius 2 is 1.26 bits per heavy atom. The number of hydrogen-bond donors (Lipinski definition) is 0. The third-order valence-corrected chi connectivity index (χ3v) is 10.4. The number of allylic oxidation sites excluding steroid dienone is 3. The lowest BCUT2D eigenvalue weighted by molar-refractivity contribution is 0.496. The van der Waals surface area contributed by atoms with Crippen LogP contribution in [-0.2, 0) is 0 Å². The van der Waals surface area contributed by atoms with Gasteiger partial charge in [0.1, 0.15) is 0 Å². The Bertz CT molecular complexity index is 2360. The zero-order valence-corrected chi connectivity index (χ0v) is 26.5. The first kappa shape index (κ1) is 27.8. The van der Waals surface area contributed by atoms with Crippen LogP contribution in [0.25, 0.3) is 49.4 Å². The van der Waals surface area contributed by atoms with Gasteiger partial charge in [-0.05, 0) is 115 Å². The molecule has 1 nitrogen and oxygen atoms in total. The van der Waals surface area contributed by atoms with Crippen LogP contribution < -0.4 is 0 Å². The Morgan fingerprint density at radius 1 is 0.574 bits per heavy atom. The van der Waals surface area contributed by atoms with E-state index in [4.69, 9.17) is 0 Å². The van der Waals surface area contributed by atoms with Gasteiger partial charge < -0.3 is 0 Å². The van der Waals surface area contributed by atoms with Gasteiger partial charge in [0.2, 0.25) is 0 Å². The number of hydrogen-bond acceptors (Lipinski definition) is 1. The Balaban J connectivity index is 1.20. The molecule has 0 N–H and O–H groups in total. The molecule has 0 aliphatic heterocycles. The van der Waals surface area contributed by atoms with Crippen LogP contribution in [-0.4, -0.2) is 4.98 Å².